The first-order valence-corrected chi connectivity index (χ1v) is 8.88. The largest absolute Gasteiger partial charge is 0.417 e. The van der Waals surface area contributed by atoms with E-state index < -0.39 is 17.6 Å². The fourth-order valence-electron chi connectivity index (χ4n) is 2.75. The SMILES string of the molecule is O=C(NCCc1ccc(-c2ccc(Cl)nc2)cc1)c1ccccc1C(F)(F)F. The van der Waals surface area contributed by atoms with Crippen molar-refractivity contribution in [3.8, 4) is 11.1 Å². The van der Waals surface area contributed by atoms with E-state index in [-0.39, 0.29) is 12.1 Å². The summed E-state index contributed by atoms with van der Waals surface area (Å²) in [5, 5.41) is 2.97. The van der Waals surface area contributed by atoms with Crippen molar-refractivity contribution in [1.29, 1.82) is 0 Å². The molecule has 1 amide bonds. The molecule has 3 nitrogen and oxygen atoms in total. The maximum absolute atomic E-state index is 13.0. The maximum atomic E-state index is 13.0. The molecule has 3 rings (SSSR count). The number of nitrogens with one attached hydrogen (secondary N) is 1. The summed E-state index contributed by atoms with van der Waals surface area (Å²) < 4.78 is 39.0. The minimum absolute atomic E-state index is 0.229. The van der Waals surface area contributed by atoms with E-state index in [9.17, 15) is 18.0 Å². The number of aromatic nitrogens is 1. The molecule has 0 aliphatic heterocycles. The Balaban J connectivity index is 1.60. The summed E-state index contributed by atoms with van der Waals surface area (Å²) in [6, 6.07) is 16.0. The molecule has 0 saturated heterocycles. The molecule has 0 atom stereocenters. The summed E-state index contributed by atoms with van der Waals surface area (Å²) in [5.74, 6) is -0.739. The van der Waals surface area contributed by atoms with Crippen LogP contribution in [0.2, 0.25) is 5.15 Å². The number of halogens is 4. The third kappa shape index (κ3) is 4.89. The van der Waals surface area contributed by atoms with Gasteiger partial charge in [0.15, 0.2) is 0 Å². The molecule has 0 unspecified atom stereocenters. The van der Waals surface area contributed by atoms with Crippen LogP contribution in [0, 0.1) is 0 Å². The lowest BCUT2D eigenvalue weighted by atomic mass is 10.0. The molecule has 0 spiro atoms. The summed E-state index contributed by atoms with van der Waals surface area (Å²) in [6.45, 7) is 0.229. The Morgan fingerprint density at radius 1 is 0.964 bits per heavy atom. The Morgan fingerprint density at radius 3 is 2.29 bits per heavy atom. The zero-order valence-corrected chi connectivity index (χ0v) is 15.4. The molecule has 144 valence electrons. The second kappa shape index (κ2) is 8.44. The zero-order valence-electron chi connectivity index (χ0n) is 14.6. The second-order valence-electron chi connectivity index (χ2n) is 6.12. The summed E-state index contributed by atoms with van der Waals surface area (Å²) in [5.41, 5.74) is 1.54. The number of pyridine rings is 1. The van der Waals surface area contributed by atoms with Gasteiger partial charge in [0.05, 0.1) is 11.1 Å². The van der Waals surface area contributed by atoms with Crippen molar-refractivity contribution in [3.05, 3.63) is 88.7 Å². The molecule has 1 N–H and O–H groups in total. The van der Waals surface area contributed by atoms with Crippen LogP contribution in [0.25, 0.3) is 11.1 Å². The van der Waals surface area contributed by atoms with Gasteiger partial charge in [-0.3, -0.25) is 4.79 Å². The van der Waals surface area contributed by atoms with E-state index in [1.165, 1.54) is 18.2 Å². The summed E-state index contributed by atoms with van der Waals surface area (Å²) in [6.07, 6.45) is -2.39. The van der Waals surface area contributed by atoms with Crippen LogP contribution in [0.3, 0.4) is 0 Å². The van der Waals surface area contributed by atoms with Gasteiger partial charge in [-0.2, -0.15) is 13.2 Å². The van der Waals surface area contributed by atoms with E-state index in [0.29, 0.717) is 11.6 Å². The van der Waals surface area contributed by atoms with Crippen LogP contribution in [-0.4, -0.2) is 17.4 Å². The minimum Gasteiger partial charge on any atom is -0.352 e. The predicted octanol–water partition coefficient (Wildman–Crippen LogP) is 5.39. The Labute approximate surface area is 165 Å². The number of hydrogen-bond donors (Lipinski definition) is 1. The molecule has 0 radical (unpaired) electrons. The second-order valence-corrected chi connectivity index (χ2v) is 6.50. The van der Waals surface area contributed by atoms with Crippen LogP contribution >= 0.6 is 11.6 Å². The average molecular weight is 405 g/mol. The van der Waals surface area contributed by atoms with E-state index in [1.54, 1.807) is 12.3 Å². The number of carbonyl (C=O) groups excluding carboxylic acids is 1. The first-order valence-electron chi connectivity index (χ1n) is 8.50. The molecular formula is C21H16ClF3N2O. The molecule has 3 aromatic rings. The van der Waals surface area contributed by atoms with Crippen LogP contribution < -0.4 is 5.32 Å². The standard InChI is InChI=1S/C21H16ClF3N2O/c22-19-10-9-16(13-27-19)15-7-5-14(6-8-15)11-12-26-20(28)17-3-1-2-4-18(17)21(23,24)25/h1-10,13H,11-12H2,(H,26,28). The van der Waals surface area contributed by atoms with Gasteiger partial charge in [-0.15, -0.1) is 0 Å². The number of carbonyl (C=O) groups is 1. The normalized spacial score (nSPS) is 11.3. The highest BCUT2D eigenvalue weighted by molar-refractivity contribution is 6.29. The Kier molecular flexibility index (Phi) is 5.99. The average Bonchev–Trinajstić information content (AvgIpc) is 2.68. The maximum Gasteiger partial charge on any atom is 0.417 e. The zero-order chi connectivity index (χ0) is 20.1. The van der Waals surface area contributed by atoms with E-state index in [4.69, 9.17) is 11.6 Å². The predicted molar refractivity (Wildman–Crippen MR) is 102 cm³/mol. The number of rotatable bonds is 5. The molecule has 0 bridgehead atoms. The molecule has 28 heavy (non-hydrogen) atoms. The quantitative estimate of drug-likeness (QED) is 0.579. The van der Waals surface area contributed by atoms with Crippen molar-refractivity contribution in [3.63, 3.8) is 0 Å². The van der Waals surface area contributed by atoms with Gasteiger partial charge in [-0.25, -0.2) is 4.98 Å². The van der Waals surface area contributed by atoms with Crippen molar-refractivity contribution in [2.45, 2.75) is 12.6 Å². The van der Waals surface area contributed by atoms with Gasteiger partial charge in [-0.1, -0.05) is 48.0 Å². The van der Waals surface area contributed by atoms with Crippen LogP contribution in [0.4, 0.5) is 13.2 Å². The van der Waals surface area contributed by atoms with Gasteiger partial charge in [0.1, 0.15) is 5.15 Å². The smallest absolute Gasteiger partial charge is 0.352 e. The number of nitrogens with zero attached hydrogens (tertiary/aromatic N) is 1. The van der Waals surface area contributed by atoms with Crippen LogP contribution in [0.5, 0.6) is 0 Å². The van der Waals surface area contributed by atoms with Gasteiger partial charge in [0, 0.05) is 18.3 Å². The summed E-state index contributed by atoms with van der Waals surface area (Å²) in [7, 11) is 0. The molecule has 0 fully saturated rings. The summed E-state index contributed by atoms with van der Waals surface area (Å²) in [4.78, 5) is 16.2. The Hall–Kier alpha value is -2.86. The minimum atomic E-state index is -4.57. The number of benzene rings is 2. The Morgan fingerprint density at radius 2 is 1.64 bits per heavy atom. The lowest BCUT2D eigenvalue weighted by Crippen LogP contribution is -2.28. The third-order valence-corrected chi connectivity index (χ3v) is 4.41. The highest BCUT2D eigenvalue weighted by Crippen LogP contribution is 2.31. The topological polar surface area (TPSA) is 42.0 Å². The van der Waals surface area contributed by atoms with E-state index in [1.807, 2.05) is 30.3 Å². The van der Waals surface area contributed by atoms with Crippen molar-refractivity contribution in [2.75, 3.05) is 6.54 Å². The van der Waals surface area contributed by atoms with Crippen molar-refractivity contribution in [2.24, 2.45) is 0 Å². The molecule has 0 aliphatic carbocycles. The van der Waals surface area contributed by atoms with Gasteiger partial charge in [0.2, 0.25) is 0 Å². The first-order chi connectivity index (χ1) is 13.3. The molecule has 0 aliphatic rings. The number of alkyl halides is 3. The third-order valence-electron chi connectivity index (χ3n) is 4.19. The van der Waals surface area contributed by atoms with Gasteiger partial charge < -0.3 is 5.32 Å². The van der Waals surface area contributed by atoms with E-state index in [0.717, 1.165) is 22.8 Å². The van der Waals surface area contributed by atoms with Crippen LogP contribution in [0.15, 0.2) is 66.9 Å². The van der Waals surface area contributed by atoms with E-state index >= 15 is 0 Å². The molecule has 7 heteroatoms. The first kappa shape index (κ1) is 19.9. The molecule has 0 saturated carbocycles. The molecular weight excluding hydrogens is 389 g/mol. The van der Waals surface area contributed by atoms with Crippen LogP contribution in [0.1, 0.15) is 21.5 Å². The molecule has 1 aromatic heterocycles. The van der Waals surface area contributed by atoms with Crippen LogP contribution in [-0.2, 0) is 12.6 Å². The van der Waals surface area contributed by atoms with Gasteiger partial charge >= 0.3 is 6.18 Å². The highest BCUT2D eigenvalue weighted by Gasteiger charge is 2.34. The summed E-state index contributed by atoms with van der Waals surface area (Å²) >= 11 is 5.78. The van der Waals surface area contributed by atoms with E-state index in [2.05, 4.69) is 10.3 Å². The van der Waals surface area contributed by atoms with Gasteiger partial charge in [0.25, 0.3) is 5.91 Å². The van der Waals surface area contributed by atoms with Crippen molar-refractivity contribution < 1.29 is 18.0 Å². The lowest BCUT2D eigenvalue weighted by Gasteiger charge is -2.12. The fraction of sp³-hybridized carbons (Fsp3) is 0.143. The van der Waals surface area contributed by atoms with Gasteiger partial charge in [-0.05, 0) is 41.8 Å². The number of amides is 1. The molecule has 2 aromatic carbocycles. The highest BCUT2D eigenvalue weighted by atomic mass is 35.5. The van der Waals surface area contributed by atoms with Crippen molar-refractivity contribution >= 4 is 17.5 Å². The fourth-order valence-corrected chi connectivity index (χ4v) is 2.87. The monoisotopic (exact) mass is 404 g/mol. The molecule has 1 heterocycles. The lowest BCUT2D eigenvalue weighted by molar-refractivity contribution is -0.137. The van der Waals surface area contributed by atoms with Crippen molar-refractivity contribution in [1.82, 2.24) is 10.3 Å². The number of hydrogen-bond acceptors (Lipinski definition) is 2. The Bertz CT molecular complexity index is 955.